The summed E-state index contributed by atoms with van der Waals surface area (Å²) in [4.78, 5) is 31.7. The Morgan fingerprint density at radius 2 is 1.88 bits per heavy atom. The van der Waals surface area contributed by atoms with Crippen molar-refractivity contribution in [1.82, 2.24) is 35.1 Å². The van der Waals surface area contributed by atoms with Crippen LogP contribution in [0.1, 0.15) is 31.4 Å². The fraction of sp³-hybridized carbons (Fsp3) is 0.0476. The van der Waals surface area contributed by atoms with Crippen molar-refractivity contribution in [2.75, 3.05) is 0 Å². The summed E-state index contributed by atoms with van der Waals surface area (Å²) in [5, 5.41) is 16.2. The van der Waals surface area contributed by atoms with Gasteiger partial charge in [0.25, 0.3) is 5.91 Å². The Balaban J connectivity index is 1.26. The zero-order chi connectivity index (χ0) is 23.8. The number of hydrogen-bond donors (Lipinski definition) is 2. The standard InChI is InChI=1S/C21H12F3N7O2S/c22-11-5-12(23)18(13(24)6-11)19(32)10-4-14(26-8-10)20(33)27-9-17-28-29-21(34-17)15-7-16-25-2-1-3-31(16)30-15/h1-8,26H,9H2,(H,27,33). The molecule has 5 rings (SSSR count). The largest absolute Gasteiger partial charge is 0.356 e. The van der Waals surface area contributed by atoms with Crippen molar-refractivity contribution in [1.29, 1.82) is 0 Å². The van der Waals surface area contributed by atoms with E-state index in [0.717, 1.165) is 12.3 Å². The lowest BCUT2D eigenvalue weighted by molar-refractivity contribution is 0.0946. The third kappa shape index (κ3) is 4.03. The van der Waals surface area contributed by atoms with Gasteiger partial charge in [-0.2, -0.15) is 5.10 Å². The van der Waals surface area contributed by atoms with E-state index in [1.165, 1.54) is 11.3 Å². The Kier molecular flexibility index (Phi) is 5.37. The molecular formula is C21H12F3N7O2S. The number of nitrogens with zero attached hydrogens (tertiary/aromatic N) is 5. The lowest BCUT2D eigenvalue weighted by Crippen LogP contribution is -2.23. The summed E-state index contributed by atoms with van der Waals surface area (Å²) in [5.74, 6) is -5.40. The van der Waals surface area contributed by atoms with Gasteiger partial charge in [0.15, 0.2) is 16.4 Å². The number of ketones is 1. The third-order valence-electron chi connectivity index (χ3n) is 4.75. The number of amides is 1. The van der Waals surface area contributed by atoms with Crippen LogP contribution in [0.4, 0.5) is 13.2 Å². The van der Waals surface area contributed by atoms with Crippen LogP contribution in [0.2, 0.25) is 0 Å². The Morgan fingerprint density at radius 1 is 1.09 bits per heavy atom. The first kappa shape index (κ1) is 21.5. The summed E-state index contributed by atoms with van der Waals surface area (Å²) in [6.07, 6.45) is 4.54. The molecule has 170 valence electrons. The first-order valence-electron chi connectivity index (χ1n) is 9.68. The lowest BCUT2D eigenvalue weighted by atomic mass is 10.0. The highest BCUT2D eigenvalue weighted by molar-refractivity contribution is 7.14. The van der Waals surface area contributed by atoms with Gasteiger partial charge in [-0.3, -0.25) is 9.59 Å². The smallest absolute Gasteiger partial charge is 0.268 e. The van der Waals surface area contributed by atoms with E-state index in [2.05, 4.69) is 30.6 Å². The zero-order valence-corrected chi connectivity index (χ0v) is 17.7. The average molecular weight is 483 g/mol. The maximum absolute atomic E-state index is 13.9. The van der Waals surface area contributed by atoms with Crippen molar-refractivity contribution >= 4 is 28.7 Å². The molecule has 0 bridgehead atoms. The van der Waals surface area contributed by atoms with E-state index in [1.807, 2.05) is 0 Å². The molecule has 0 aliphatic carbocycles. The highest BCUT2D eigenvalue weighted by Gasteiger charge is 2.22. The highest BCUT2D eigenvalue weighted by Crippen LogP contribution is 2.23. The van der Waals surface area contributed by atoms with Gasteiger partial charge in [-0.25, -0.2) is 22.7 Å². The Morgan fingerprint density at radius 3 is 2.65 bits per heavy atom. The zero-order valence-electron chi connectivity index (χ0n) is 16.9. The van der Waals surface area contributed by atoms with E-state index in [1.54, 1.807) is 29.0 Å². The molecule has 13 heteroatoms. The van der Waals surface area contributed by atoms with Crippen LogP contribution in [0.25, 0.3) is 16.3 Å². The van der Waals surface area contributed by atoms with E-state index in [9.17, 15) is 22.8 Å². The van der Waals surface area contributed by atoms with Crippen LogP contribution in [0.15, 0.2) is 48.9 Å². The molecule has 0 atom stereocenters. The van der Waals surface area contributed by atoms with Crippen LogP contribution in [0.5, 0.6) is 0 Å². The number of H-pyrrole nitrogens is 1. The number of hydrogen-bond acceptors (Lipinski definition) is 7. The summed E-state index contributed by atoms with van der Waals surface area (Å²) in [5.41, 5.74) is 0.160. The molecule has 0 saturated heterocycles. The van der Waals surface area contributed by atoms with Crippen molar-refractivity contribution < 1.29 is 22.8 Å². The first-order valence-corrected chi connectivity index (χ1v) is 10.5. The lowest BCUT2D eigenvalue weighted by Gasteiger charge is -2.03. The Bertz CT molecular complexity index is 1500. The molecule has 9 nitrogen and oxygen atoms in total. The predicted molar refractivity (Wildman–Crippen MR) is 114 cm³/mol. The maximum atomic E-state index is 13.9. The molecular weight excluding hydrogens is 471 g/mol. The SMILES string of the molecule is O=C(NCc1nnc(-c2cc3ncccn3n2)s1)c1cc(C(=O)c2c(F)cc(F)cc2F)c[nH]1. The van der Waals surface area contributed by atoms with Gasteiger partial charge in [0.2, 0.25) is 0 Å². The van der Waals surface area contributed by atoms with Crippen LogP contribution >= 0.6 is 11.3 Å². The van der Waals surface area contributed by atoms with Gasteiger partial charge < -0.3 is 10.3 Å². The Labute approximate surface area is 192 Å². The summed E-state index contributed by atoms with van der Waals surface area (Å²) < 4.78 is 42.5. The molecule has 1 aromatic carbocycles. The van der Waals surface area contributed by atoms with Crippen LogP contribution in [-0.2, 0) is 6.54 Å². The van der Waals surface area contributed by atoms with E-state index < -0.39 is 34.7 Å². The van der Waals surface area contributed by atoms with Crippen LogP contribution in [0.3, 0.4) is 0 Å². The summed E-state index contributed by atoms with van der Waals surface area (Å²) in [6.45, 7) is 0.0473. The van der Waals surface area contributed by atoms with Gasteiger partial charge in [0.05, 0.1) is 12.1 Å². The second-order valence-electron chi connectivity index (χ2n) is 7.01. The molecule has 0 radical (unpaired) electrons. The Hall–Kier alpha value is -4.39. The molecule has 4 heterocycles. The quantitative estimate of drug-likeness (QED) is 0.358. The summed E-state index contributed by atoms with van der Waals surface area (Å²) in [7, 11) is 0. The van der Waals surface area contributed by atoms with Gasteiger partial charge >= 0.3 is 0 Å². The van der Waals surface area contributed by atoms with Crippen molar-refractivity contribution in [3.8, 4) is 10.7 Å². The monoisotopic (exact) mass is 483 g/mol. The first-order chi connectivity index (χ1) is 16.4. The molecule has 0 fully saturated rings. The molecule has 5 aromatic rings. The average Bonchev–Trinajstić information content (AvgIpc) is 3.55. The molecule has 2 N–H and O–H groups in total. The van der Waals surface area contributed by atoms with Gasteiger partial charge in [0.1, 0.15) is 33.8 Å². The summed E-state index contributed by atoms with van der Waals surface area (Å²) in [6, 6.07) is 5.48. The minimum absolute atomic E-state index is 0.0116. The number of fused-ring (bicyclic) bond motifs is 1. The van der Waals surface area contributed by atoms with Crippen molar-refractivity contribution in [2.45, 2.75) is 6.54 Å². The van der Waals surface area contributed by atoms with Gasteiger partial charge in [-0.05, 0) is 12.1 Å². The third-order valence-corrected chi connectivity index (χ3v) is 5.69. The number of halogens is 3. The molecule has 0 spiro atoms. The van der Waals surface area contributed by atoms with Crippen molar-refractivity contribution in [3.05, 3.63) is 88.2 Å². The molecule has 0 saturated carbocycles. The number of rotatable bonds is 6. The topological polar surface area (TPSA) is 118 Å². The molecule has 1 amide bonds. The van der Waals surface area contributed by atoms with Gasteiger partial charge in [0, 0.05) is 42.4 Å². The van der Waals surface area contributed by atoms with E-state index in [-0.39, 0.29) is 17.8 Å². The minimum Gasteiger partial charge on any atom is -0.356 e. The second-order valence-corrected chi connectivity index (χ2v) is 8.07. The normalized spacial score (nSPS) is 11.1. The maximum Gasteiger partial charge on any atom is 0.268 e. The van der Waals surface area contributed by atoms with Crippen LogP contribution in [0, 0.1) is 17.5 Å². The number of carbonyl (C=O) groups excluding carboxylic acids is 2. The van der Waals surface area contributed by atoms with Crippen LogP contribution in [-0.4, -0.2) is 41.5 Å². The number of benzene rings is 1. The molecule has 0 aliphatic heterocycles. The van der Waals surface area contributed by atoms with E-state index in [0.29, 0.717) is 33.5 Å². The highest BCUT2D eigenvalue weighted by atomic mass is 32.1. The number of aromatic amines is 1. The number of carbonyl (C=O) groups is 2. The molecule has 0 aliphatic rings. The van der Waals surface area contributed by atoms with E-state index in [4.69, 9.17) is 0 Å². The predicted octanol–water partition coefficient (Wildman–Crippen LogP) is 3.15. The van der Waals surface area contributed by atoms with Crippen molar-refractivity contribution in [3.63, 3.8) is 0 Å². The molecule has 34 heavy (non-hydrogen) atoms. The second kappa shape index (κ2) is 8.51. The van der Waals surface area contributed by atoms with E-state index >= 15 is 0 Å². The van der Waals surface area contributed by atoms with Crippen molar-refractivity contribution in [2.24, 2.45) is 0 Å². The van der Waals surface area contributed by atoms with Crippen LogP contribution < -0.4 is 5.32 Å². The number of nitrogens with one attached hydrogen (secondary N) is 2. The summed E-state index contributed by atoms with van der Waals surface area (Å²) >= 11 is 1.23. The van der Waals surface area contributed by atoms with Gasteiger partial charge in [-0.15, -0.1) is 10.2 Å². The fourth-order valence-corrected chi connectivity index (χ4v) is 3.91. The fourth-order valence-electron chi connectivity index (χ4n) is 3.17. The number of aromatic nitrogens is 6. The molecule has 4 aromatic heterocycles. The minimum atomic E-state index is -1.33. The van der Waals surface area contributed by atoms with Gasteiger partial charge in [-0.1, -0.05) is 11.3 Å². The molecule has 0 unspecified atom stereocenters.